The Bertz CT molecular complexity index is 685. The molecule has 1 unspecified atom stereocenters. The van der Waals surface area contributed by atoms with Crippen LogP contribution in [0.5, 0.6) is 0 Å². The van der Waals surface area contributed by atoms with Gasteiger partial charge < -0.3 is 9.52 Å². The van der Waals surface area contributed by atoms with Gasteiger partial charge in [-0.15, -0.1) is 0 Å². The second-order valence-corrected chi connectivity index (χ2v) is 5.63. The van der Waals surface area contributed by atoms with Gasteiger partial charge in [-0.25, -0.2) is 17.2 Å². The quantitative estimate of drug-likeness (QED) is 0.878. The average Bonchev–Trinajstić information content (AvgIpc) is 2.92. The summed E-state index contributed by atoms with van der Waals surface area (Å²) in [6.07, 6.45) is 1.30. The van der Waals surface area contributed by atoms with Crippen LogP contribution in [0, 0.1) is 11.6 Å². The van der Waals surface area contributed by atoms with Gasteiger partial charge in [-0.3, -0.25) is 0 Å². The van der Waals surface area contributed by atoms with E-state index in [0.717, 1.165) is 6.07 Å². The van der Waals surface area contributed by atoms with E-state index in [1.807, 2.05) is 0 Å². The molecule has 1 aromatic heterocycles. The molecule has 0 spiro atoms. The first-order valence-corrected chi connectivity index (χ1v) is 7.04. The van der Waals surface area contributed by atoms with Crippen molar-refractivity contribution in [2.75, 3.05) is 6.61 Å². The molecule has 2 aromatic rings. The van der Waals surface area contributed by atoms with E-state index < -0.39 is 39.2 Å². The number of nitrogens with one attached hydrogen (secondary N) is 1. The Morgan fingerprint density at radius 2 is 2.05 bits per heavy atom. The summed E-state index contributed by atoms with van der Waals surface area (Å²) >= 11 is 0. The molecule has 0 aliphatic heterocycles. The monoisotopic (exact) mass is 303 g/mol. The summed E-state index contributed by atoms with van der Waals surface area (Å²) in [5.74, 6) is -1.81. The van der Waals surface area contributed by atoms with E-state index >= 15 is 0 Å². The summed E-state index contributed by atoms with van der Waals surface area (Å²) in [5.41, 5.74) is 0. The van der Waals surface area contributed by atoms with Crippen molar-refractivity contribution in [3.8, 4) is 0 Å². The van der Waals surface area contributed by atoms with Gasteiger partial charge in [0.05, 0.1) is 12.9 Å². The highest BCUT2D eigenvalue weighted by Gasteiger charge is 2.25. The third-order valence-electron chi connectivity index (χ3n) is 2.55. The van der Waals surface area contributed by atoms with Gasteiger partial charge in [0, 0.05) is 0 Å². The van der Waals surface area contributed by atoms with Crippen molar-refractivity contribution < 1.29 is 26.7 Å². The summed E-state index contributed by atoms with van der Waals surface area (Å²) in [6, 6.07) is 3.96. The zero-order valence-electron chi connectivity index (χ0n) is 10.1. The molecule has 5 nitrogen and oxygen atoms in total. The van der Waals surface area contributed by atoms with E-state index in [2.05, 4.69) is 4.72 Å². The Labute approximate surface area is 113 Å². The van der Waals surface area contributed by atoms with Gasteiger partial charge in [-0.2, -0.15) is 4.72 Å². The van der Waals surface area contributed by atoms with Crippen LogP contribution in [0.3, 0.4) is 0 Å². The average molecular weight is 303 g/mol. The highest BCUT2D eigenvalue weighted by atomic mass is 32.2. The lowest BCUT2D eigenvalue weighted by Crippen LogP contribution is -2.31. The van der Waals surface area contributed by atoms with Crippen LogP contribution >= 0.6 is 0 Å². The number of benzene rings is 1. The Kier molecular flexibility index (Phi) is 4.17. The van der Waals surface area contributed by atoms with Crippen molar-refractivity contribution in [3.05, 3.63) is 54.0 Å². The van der Waals surface area contributed by atoms with Gasteiger partial charge in [-0.05, 0) is 30.3 Å². The number of hydrogen-bond donors (Lipinski definition) is 2. The van der Waals surface area contributed by atoms with E-state index in [-0.39, 0.29) is 5.76 Å². The molecule has 8 heteroatoms. The summed E-state index contributed by atoms with van der Waals surface area (Å²) in [5, 5.41) is 9.18. The van der Waals surface area contributed by atoms with E-state index in [0.29, 0.717) is 12.1 Å². The maximum atomic E-state index is 13.5. The zero-order chi connectivity index (χ0) is 14.8. The van der Waals surface area contributed by atoms with E-state index in [4.69, 9.17) is 4.42 Å². The van der Waals surface area contributed by atoms with Gasteiger partial charge in [0.15, 0.2) is 0 Å². The predicted octanol–water partition coefficient (Wildman–Crippen LogP) is 1.57. The van der Waals surface area contributed by atoms with Crippen LogP contribution in [0.1, 0.15) is 11.8 Å². The number of aliphatic hydroxyl groups excluding tert-OH is 1. The van der Waals surface area contributed by atoms with Gasteiger partial charge in [0.1, 0.15) is 28.3 Å². The van der Waals surface area contributed by atoms with Gasteiger partial charge in [-0.1, -0.05) is 0 Å². The summed E-state index contributed by atoms with van der Waals surface area (Å²) < 4.78 is 57.6. The topological polar surface area (TPSA) is 79.5 Å². The molecule has 0 amide bonds. The fourth-order valence-corrected chi connectivity index (χ4v) is 2.89. The normalized spacial score (nSPS) is 13.3. The first kappa shape index (κ1) is 14.6. The van der Waals surface area contributed by atoms with E-state index in [1.165, 1.54) is 18.4 Å². The highest BCUT2D eigenvalue weighted by molar-refractivity contribution is 7.89. The van der Waals surface area contributed by atoms with Crippen molar-refractivity contribution in [1.29, 1.82) is 0 Å². The molecule has 0 aliphatic carbocycles. The Balaban J connectivity index is 2.33. The van der Waals surface area contributed by atoms with Gasteiger partial charge in [0.25, 0.3) is 0 Å². The first-order chi connectivity index (χ1) is 9.44. The molecule has 20 heavy (non-hydrogen) atoms. The Morgan fingerprint density at radius 1 is 1.30 bits per heavy atom. The summed E-state index contributed by atoms with van der Waals surface area (Å²) in [4.78, 5) is -0.831. The number of furan rings is 1. The number of aliphatic hydroxyl groups is 1. The number of rotatable bonds is 5. The highest BCUT2D eigenvalue weighted by Crippen LogP contribution is 2.20. The van der Waals surface area contributed by atoms with Crippen molar-refractivity contribution >= 4 is 10.0 Å². The standard InChI is InChI=1S/C12H11F2NO4S/c13-8-3-4-9(14)12(6-8)20(17,18)15-10(7-16)11-2-1-5-19-11/h1-6,10,15-16H,7H2. The first-order valence-electron chi connectivity index (χ1n) is 5.55. The lowest BCUT2D eigenvalue weighted by molar-refractivity contribution is 0.241. The minimum Gasteiger partial charge on any atom is -0.468 e. The largest absolute Gasteiger partial charge is 0.468 e. The molecule has 0 bridgehead atoms. The van der Waals surface area contributed by atoms with Crippen molar-refractivity contribution in [1.82, 2.24) is 4.72 Å². The van der Waals surface area contributed by atoms with E-state index in [1.54, 1.807) is 0 Å². The van der Waals surface area contributed by atoms with Crippen molar-refractivity contribution in [2.45, 2.75) is 10.9 Å². The van der Waals surface area contributed by atoms with E-state index in [9.17, 15) is 22.3 Å². The molecular formula is C12H11F2NO4S. The van der Waals surface area contributed by atoms with Crippen molar-refractivity contribution in [3.63, 3.8) is 0 Å². The van der Waals surface area contributed by atoms with Gasteiger partial charge >= 0.3 is 0 Å². The second kappa shape index (κ2) is 5.70. The van der Waals surface area contributed by atoms with Crippen LogP contribution in [-0.4, -0.2) is 20.1 Å². The fourth-order valence-electron chi connectivity index (χ4n) is 1.61. The third kappa shape index (κ3) is 3.03. The second-order valence-electron chi connectivity index (χ2n) is 3.95. The van der Waals surface area contributed by atoms with Crippen LogP contribution in [0.4, 0.5) is 8.78 Å². The lowest BCUT2D eigenvalue weighted by Gasteiger charge is -2.14. The molecule has 108 valence electrons. The molecule has 2 N–H and O–H groups in total. The lowest BCUT2D eigenvalue weighted by atomic mass is 10.2. The molecule has 0 saturated heterocycles. The van der Waals surface area contributed by atoms with Crippen LogP contribution in [-0.2, 0) is 10.0 Å². The molecule has 0 fully saturated rings. The molecule has 1 atom stereocenters. The predicted molar refractivity (Wildman–Crippen MR) is 65.2 cm³/mol. The maximum Gasteiger partial charge on any atom is 0.244 e. The molecular weight excluding hydrogens is 292 g/mol. The zero-order valence-corrected chi connectivity index (χ0v) is 10.9. The SMILES string of the molecule is O=S(=O)(NC(CO)c1ccco1)c1cc(F)ccc1F. The Morgan fingerprint density at radius 3 is 2.65 bits per heavy atom. The fraction of sp³-hybridized carbons (Fsp3) is 0.167. The molecule has 2 rings (SSSR count). The smallest absolute Gasteiger partial charge is 0.244 e. The summed E-state index contributed by atoms with van der Waals surface area (Å²) in [6.45, 7) is -0.594. The molecule has 0 saturated carbocycles. The third-order valence-corrected chi connectivity index (χ3v) is 4.04. The number of halogens is 2. The molecule has 0 aliphatic rings. The van der Waals surface area contributed by atoms with Crippen LogP contribution in [0.15, 0.2) is 45.9 Å². The molecule has 1 aromatic carbocycles. The van der Waals surface area contributed by atoms with Crippen molar-refractivity contribution in [2.24, 2.45) is 0 Å². The van der Waals surface area contributed by atoms with Crippen LogP contribution in [0.25, 0.3) is 0 Å². The number of hydrogen-bond acceptors (Lipinski definition) is 4. The summed E-state index contributed by atoms with van der Waals surface area (Å²) in [7, 11) is -4.34. The van der Waals surface area contributed by atoms with Gasteiger partial charge in [0.2, 0.25) is 10.0 Å². The molecule has 1 heterocycles. The minimum atomic E-state index is -4.34. The van der Waals surface area contributed by atoms with Crippen LogP contribution in [0.2, 0.25) is 0 Å². The Hall–Kier alpha value is -1.77. The van der Waals surface area contributed by atoms with Crippen LogP contribution < -0.4 is 4.72 Å². The maximum absolute atomic E-state index is 13.5. The minimum absolute atomic E-state index is 0.160. The number of sulfonamides is 1. The molecule has 0 radical (unpaired) electrons.